The number of hydrogen-bond donors (Lipinski definition) is 2. The number of fused-ring (bicyclic) bond motifs is 1. The van der Waals surface area contributed by atoms with E-state index in [0.29, 0.717) is 16.9 Å². The van der Waals surface area contributed by atoms with Gasteiger partial charge in [0.25, 0.3) is 11.6 Å². The molecule has 0 aromatic heterocycles. The number of para-hydroxylation sites is 1. The standard InChI is InChI=1S/C19H17N3O5/c23-18(21-10-14(19(24)25)13-3-1-2-4-16(13)21)11-5-8-15(20-12-6-7-12)17(9-11)22(26)27/h1-5,8-9,12,14,20H,6-7,10H2,(H,24,25). The van der Waals surface area contributed by atoms with Crippen LogP contribution in [0.25, 0.3) is 0 Å². The lowest BCUT2D eigenvalue weighted by Gasteiger charge is -2.18. The summed E-state index contributed by atoms with van der Waals surface area (Å²) in [6, 6.07) is 11.4. The Kier molecular flexibility index (Phi) is 4.02. The van der Waals surface area contributed by atoms with Crippen LogP contribution in [0.5, 0.6) is 0 Å². The molecule has 1 aliphatic carbocycles. The zero-order valence-corrected chi connectivity index (χ0v) is 14.3. The Morgan fingerprint density at radius 1 is 1.19 bits per heavy atom. The summed E-state index contributed by atoms with van der Waals surface area (Å²) in [6.07, 6.45) is 1.94. The van der Waals surface area contributed by atoms with E-state index in [1.54, 1.807) is 30.3 Å². The second-order valence-corrected chi connectivity index (χ2v) is 6.77. The maximum atomic E-state index is 13.0. The highest BCUT2D eigenvalue weighted by molar-refractivity contribution is 6.09. The van der Waals surface area contributed by atoms with Gasteiger partial charge in [-0.25, -0.2) is 0 Å². The molecule has 1 atom stereocenters. The first kappa shape index (κ1) is 17.0. The number of rotatable bonds is 5. The molecular weight excluding hydrogens is 350 g/mol. The van der Waals surface area contributed by atoms with E-state index < -0.39 is 22.7 Å². The molecule has 1 aliphatic heterocycles. The Balaban J connectivity index is 1.68. The minimum absolute atomic E-state index is 0.00336. The van der Waals surface area contributed by atoms with E-state index in [4.69, 9.17) is 0 Å². The van der Waals surface area contributed by atoms with E-state index in [0.717, 1.165) is 12.8 Å². The molecule has 8 heteroatoms. The molecule has 1 saturated carbocycles. The van der Waals surface area contributed by atoms with Crippen LogP contribution in [0, 0.1) is 10.1 Å². The summed E-state index contributed by atoms with van der Waals surface area (Å²) in [5.74, 6) is -2.27. The van der Waals surface area contributed by atoms with Crippen molar-refractivity contribution in [1.82, 2.24) is 0 Å². The molecule has 2 N–H and O–H groups in total. The van der Waals surface area contributed by atoms with Crippen molar-refractivity contribution >= 4 is 28.9 Å². The highest BCUT2D eigenvalue weighted by Gasteiger charge is 2.37. The number of aliphatic carboxylic acids is 1. The number of amides is 1. The van der Waals surface area contributed by atoms with Crippen LogP contribution in [0.4, 0.5) is 17.1 Å². The summed E-state index contributed by atoms with van der Waals surface area (Å²) < 4.78 is 0. The molecule has 1 unspecified atom stereocenters. The highest BCUT2D eigenvalue weighted by atomic mass is 16.6. The lowest BCUT2D eigenvalue weighted by atomic mass is 10.0. The van der Waals surface area contributed by atoms with Gasteiger partial charge in [-0.05, 0) is 36.6 Å². The highest BCUT2D eigenvalue weighted by Crippen LogP contribution is 2.38. The number of carbonyl (C=O) groups is 2. The first-order valence-corrected chi connectivity index (χ1v) is 8.64. The Morgan fingerprint density at radius 3 is 2.59 bits per heavy atom. The molecule has 2 aromatic rings. The fourth-order valence-corrected chi connectivity index (χ4v) is 3.35. The van der Waals surface area contributed by atoms with Crippen LogP contribution in [0.3, 0.4) is 0 Å². The molecule has 0 spiro atoms. The summed E-state index contributed by atoms with van der Waals surface area (Å²) in [4.78, 5) is 36.8. The SMILES string of the molecule is O=C(O)C1CN(C(=O)c2ccc(NC3CC3)c([N+](=O)[O-])c2)c2ccccc21. The molecule has 4 rings (SSSR count). The first-order chi connectivity index (χ1) is 13.0. The van der Waals surface area contributed by atoms with Gasteiger partial charge < -0.3 is 15.3 Å². The molecular formula is C19H17N3O5. The minimum atomic E-state index is -1.01. The molecule has 1 fully saturated rings. The maximum absolute atomic E-state index is 13.0. The molecule has 1 heterocycles. The van der Waals surface area contributed by atoms with Crippen LogP contribution in [-0.2, 0) is 4.79 Å². The lowest BCUT2D eigenvalue weighted by Crippen LogP contribution is -2.31. The predicted octanol–water partition coefficient (Wildman–Crippen LogP) is 3.00. The number of benzene rings is 2. The molecule has 0 radical (unpaired) electrons. The van der Waals surface area contributed by atoms with Gasteiger partial charge in [-0.3, -0.25) is 19.7 Å². The fraction of sp³-hybridized carbons (Fsp3) is 0.263. The number of nitrogens with zero attached hydrogens (tertiary/aromatic N) is 2. The number of hydrogen-bond acceptors (Lipinski definition) is 5. The Bertz CT molecular complexity index is 954. The molecule has 138 valence electrons. The number of carboxylic acids is 1. The summed E-state index contributed by atoms with van der Waals surface area (Å²) in [5, 5.41) is 24.0. The molecule has 8 nitrogen and oxygen atoms in total. The molecule has 2 aliphatic rings. The van der Waals surface area contributed by atoms with E-state index in [2.05, 4.69) is 5.32 Å². The normalized spacial score (nSPS) is 18.1. The van der Waals surface area contributed by atoms with Gasteiger partial charge in [0, 0.05) is 29.9 Å². The molecule has 0 bridgehead atoms. The third-order valence-electron chi connectivity index (χ3n) is 4.89. The van der Waals surface area contributed by atoms with E-state index in [1.165, 1.54) is 17.0 Å². The topological polar surface area (TPSA) is 113 Å². The van der Waals surface area contributed by atoms with Crippen LogP contribution in [0.2, 0.25) is 0 Å². The van der Waals surface area contributed by atoms with Crippen molar-refractivity contribution in [3.8, 4) is 0 Å². The van der Waals surface area contributed by atoms with Gasteiger partial charge in [-0.1, -0.05) is 18.2 Å². The second-order valence-electron chi connectivity index (χ2n) is 6.77. The van der Waals surface area contributed by atoms with Crippen LogP contribution < -0.4 is 10.2 Å². The number of carbonyl (C=O) groups excluding carboxylic acids is 1. The van der Waals surface area contributed by atoms with Crippen LogP contribution in [0.15, 0.2) is 42.5 Å². The van der Waals surface area contributed by atoms with E-state index in [9.17, 15) is 24.8 Å². The lowest BCUT2D eigenvalue weighted by molar-refractivity contribution is -0.384. The minimum Gasteiger partial charge on any atom is -0.481 e. The van der Waals surface area contributed by atoms with Crippen molar-refractivity contribution in [2.24, 2.45) is 0 Å². The van der Waals surface area contributed by atoms with Crippen molar-refractivity contribution in [2.45, 2.75) is 24.8 Å². The number of nitro groups is 1. The zero-order valence-electron chi connectivity index (χ0n) is 14.3. The average molecular weight is 367 g/mol. The van der Waals surface area contributed by atoms with E-state index in [1.807, 2.05) is 0 Å². The Morgan fingerprint density at radius 2 is 1.93 bits per heavy atom. The van der Waals surface area contributed by atoms with Crippen LogP contribution in [-0.4, -0.2) is 34.5 Å². The molecule has 1 amide bonds. The van der Waals surface area contributed by atoms with Crippen LogP contribution >= 0.6 is 0 Å². The van der Waals surface area contributed by atoms with Crippen molar-refractivity contribution in [2.75, 3.05) is 16.8 Å². The van der Waals surface area contributed by atoms with Crippen molar-refractivity contribution in [3.05, 3.63) is 63.7 Å². The molecule has 0 saturated heterocycles. The van der Waals surface area contributed by atoms with Crippen molar-refractivity contribution in [3.63, 3.8) is 0 Å². The van der Waals surface area contributed by atoms with Gasteiger partial charge in [0.2, 0.25) is 0 Å². The first-order valence-electron chi connectivity index (χ1n) is 8.64. The summed E-state index contributed by atoms with van der Waals surface area (Å²) in [5.41, 5.74) is 1.49. The summed E-state index contributed by atoms with van der Waals surface area (Å²) >= 11 is 0. The van der Waals surface area contributed by atoms with Crippen LogP contribution in [0.1, 0.15) is 34.7 Å². The fourth-order valence-electron chi connectivity index (χ4n) is 3.35. The van der Waals surface area contributed by atoms with Gasteiger partial charge in [-0.2, -0.15) is 0 Å². The number of nitrogens with one attached hydrogen (secondary N) is 1. The van der Waals surface area contributed by atoms with Gasteiger partial charge in [0.1, 0.15) is 11.6 Å². The quantitative estimate of drug-likeness (QED) is 0.620. The maximum Gasteiger partial charge on any atom is 0.312 e. The Labute approximate surface area is 154 Å². The van der Waals surface area contributed by atoms with Gasteiger partial charge >= 0.3 is 5.97 Å². The second kappa shape index (κ2) is 6.39. The molecule has 2 aromatic carbocycles. The molecule has 27 heavy (non-hydrogen) atoms. The Hall–Kier alpha value is -3.42. The third-order valence-corrected chi connectivity index (χ3v) is 4.89. The number of carboxylic acid groups (broad SMARTS) is 1. The van der Waals surface area contributed by atoms with E-state index in [-0.39, 0.29) is 23.8 Å². The number of anilines is 2. The summed E-state index contributed by atoms with van der Waals surface area (Å²) in [6.45, 7) is 0.00336. The average Bonchev–Trinajstić information content (AvgIpc) is 3.38. The third kappa shape index (κ3) is 3.10. The van der Waals surface area contributed by atoms with E-state index >= 15 is 0 Å². The van der Waals surface area contributed by atoms with Gasteiger partial charge in [-0.15, -0.1) is 0 Å². The zero-order chi connectivity index (χ0) is 19.1. The van der Waals surface area contributed by atoms with Crippen molar-refractivity contribution < 1.29 is 19.6 Å². The largest absolute Gasteiger partial charge is 0.481 e. The smallest absolute Gasteiger partial charge is 0.312 e. The van der Waals surface area contributed by atoms with Gasteiger partial charge in [0.05, 0.1) is 4.92 Å². The van der Waals surface area contributed by atoms with Gasteiger partial charge in [0.15, 0.2) is 0 Å². The summed E-state index contributed by atoms with van der Waals surface area (Å²) in [7, 11) is 0. The number of nitro benzene ring substituents is 1. The monoisotopic (exact) mass is 367 g/mol. The predicted molar refractivity (Wildman–Crippen MR) is 98.2 cm³/mol. The van der Waals surface area contributed by atoms with Crippen molar-refractivity contribution in [1.29, 1.82) is 0 Å².